The van der Waals surface area contributed by atoms with Gasteiger partial charge in [-0.3, -0.25) is 9.71 Å². The molecule has 1 aromatic heterocycles. The summed E-state index contributed by atoms with van der Waals surface area (Å²) >= 11 is 3.02. The third-order valence-electron chi connectivity index (χ3n) is 1.20. The number of nitrogens with one attached hydrogen (secondary N) is 1. The van der Waals surface area contributed by atoms with Crippen LogP contribution < -0.4 is 4.72 Å². The highest BCUT2D eigenvalue weighted by Crippen LogP contribution is 2.16. The molecule has 1 aromatic rings. The van der Waals surface area contributed by atoms with E-state index < -0.39 is 15.8 Å². The Morgan fingerprint density at radius 3 is 2.57 bits per heavy atom. The molecule has 0 atom stereocenters. The second-order valence-corrected chi connectivity index (χ2v) is 4.87. The van der Waals surface area contributed by atoms with Crippen LogP contribution in [0.15, 0.2) is 22.9 Å². The van der Waals surface area contributed by atoms with E-state index in [9.17, 15) is 17.2 Å². The molecule has 4 nitrogen and oxygen atoms in total. The van der Waals surface area contributed by atoms with E-state index >= 15 is 0 Å². The maximum absolute atomic E-state index is 11.9. The molecule has 0 fully saturated rings. The van der Waals surface area contributed by atoms with Gasteiger partial charge in [-0.1, -0.05) is 0 Å². The zero-order valence-electron chi connectivity index (χ0n) is 6.62. The first-order valence-electron chi connectivity index (χ1n) is 3.32. The lowest BCUT2D eigenvalue weighted by Gasteiger charge is -2.05. The second-order valence-electron chi connectivity index (χ2n) is 2.30. The van der Waals surface area contributed by atoms with Gasteiger partial charge in [0.15, 0.2) is 0 Å². The SMILES string of the molecule is O=S(=O)(Nc1cncc(Br)c1)C(F)F. The van der Waals surface area contributed by atoms with E-state index in [1.807, 2.05) is 0 Å². The number of halogens is 3. The molecule has 1 heterocycles. The topological polar surface area (TPSA) is 59.1 Å². The Hall–Kier alpha value is -0.760. The standard InChI is InChI=1S/C6H5BrF2N2O2S/c7-4-1-5(3-10-2-4)11-14(12,13)6(8)9/h1-3,6,11H. The smallest absolute Gasteiger partial charge is 0.277 e. The Bertz CT molecular complexity index is 424. The van der Waals surface area contributed by atoms with Crippen LogP contribution >= 0.6 is 15.9 Å². The van der Waals surface area contributed by atoms with Crippen molar-refractivity contribution in [1.29, 1.82) is 0 Å². The number of pyridine rings is 1. The molecular formula is C6H5BrF2N2O2S. The maximum Gasteiger partial charge on any atom is 0.355 e. The normalized spacial score (nSPS) is 11.7. The number of sulfonamides is 1. The van der Waals surface area contributed by atoms with Crippen LogP contribution in [-0.4, -0.2) is 19.2 Å². The minimum atomic E-state index is -4.61. The summed E-state index contributed by atoms with van der Waals surface area (Å²) in [7, 11) is -4.61. The third-order valence-corrected chi connectivity index (χ3v) is 2.62. The number of alkyl halides is 2. The van der Waals surface area contributed by atoms with Crippen LogP contribution in [-0.2, 0) is 10.0 Å². The van der Waals surface area contributed by atoms with Crippen LogP contribution in [0.3, 0.4) is 0 Å². The third kappa shape index (κ3) is 2.88. The van der Waals surface area contributed by atoms with Gasteiger partial charge in [-0.15, -0.1) is 0 Å². The fraction of sp³-hybridized carbons (Fsp3) is 0.167. The number of rotatable bonds is 3. The Labute approximate surface area is 87.5 Å². The number of hydrogen-bond donors (Lipinski definition) is 1. The van der Waals surface area contributed by atoms with Crippen LogP contribution in [0, 0.1) is 0 Å². The summed E-state index contributed by atoms with van der Waals surface area (Å²) in [5.41, 5.74) is -0.0142. The molecule has 1 N–H and O–H groups in total. The van der Waals surface area contributed by atoms with Gasteiger partial charge in [0.05, 0.1) is 11.9 Å². The van der Waals surface area contributed by atoms with Crippen molar-refractivity contribution >= 4 is 31.6 Å². The fourth-order valence-corrected chi connectivity index (χ4v) is 1.57. The lowest BCUT2D eigenvalue weighted by molar-refractivity contribution is 0.236. The van der Waals surface area contributed by atoms with Crippen LogP contribution in [0.2, 0.25) is 0 Å². The quantitative estimate of drug-likeness (QED) is 0.922. The van der Waals surface area contributed by atoms with Crippen LogP contribution in [0.5, 0.6) is 0 Å². The van der Waals surface area contributed by atoms with E-state index in [1.54, 1.807) is 4.72 Å². The number of aromatic nitrogens is 1. The maximum atomic E-state index is 11.9. The van der Waals surface area contributed by atoms with Gasteiger partial charge in [0.2, 0.25) is 0 Å². The lowest BCUT2D eigenvalue weighted by atomic mass is 10.4. The van der Waals surface area contributed by atoms with Crippen molar-refractivity contribution < 1.29 is 17.2 Å². The molecule has 0 spiro atoms. The van der Waals surface area contributed by atoms with Gasteiger partial charge < -0.3 is 0 Å². The molecular weight excluding hydrogens is 282 g/mol. The predicted octanol–water partition coefficient (Wildman–Crippen LogP) is 1.81. The number of hydrogen-bond acceptors (Lipinski definition) is 3. The average molecular weight is 287 g/mol. The van der Waals surface area contributed by atoms with Crippen molar-refractivity contribution in [1.82, 2.24) is 4.98 Å². The molecule has 0 radical (unpaired) electrons. The van der Waals surface area contributed by atoms with Crippen molar-refractivity contribution in [3.05, 3.63) is 22.9 Å². The summed E-state index contributed by atoms with van der Waals surface area (Å²) in [4.78, 5) is 3.61. The van der Waals surface area contributed by atoms with Gasteiger partial charge in [0.25, 0.3) is 10.0 Å². The first-order chi connectivity index (χ1) is 6.42. The van der Waals surface area contributed by atoms with E-state index in [2.05, 4.69) is 20.9 Å². The van der Waals surface area contributed by atoms with Crippen molar-refractivity contribution in [2.24, 2.45) is 0 Å². The van der Waals surface area contributed by atoms with E-state index in [1.165, 1.54) is 12.3 Å². The van der Waals surface area contributed by atoms with Gasteiger partial charge in [0.1, 0.15) is 0 Å². The molecule has 0 aliphatic rings. The van der Waals surface area contributed by atoms with Crippen molar-refractivity contribution in [3.8, 4) is 0 Å². The van der Waals surface area contributed by atoms with Crippen molar-refractivity contribution in [3.63, 3.8) is 0 Å². The zero-order chi connectivity index (χ0) is 10.8. The number of anilines is 1. The highest BCUT2D eigenvalue weighted by molar-refractivity contribution is 9.10. The predicted molar refractivity (Wildman–Crippen MR) is 50.5 cm³/mol. The molecule has 0 aliphatic carbocycles. The molecule has 0 aromatic carbocycles. The summed E-state index contributed by atoms with van der Waals surface area (Å²) in [6.07, 6.45) is 2.53. The van der Waals surface area contributed by atoms with Gasteiger partial charge >= 0.3 is 5.76 Å². The lowest BCUT2D eigenvalue weighted by Crippen LogP contribution is -2.20. The van der Waals surface area contributed by atoms with Crippen LogP contribution in [0.4, 0.5) is 14.5 Å². The molecule has 8 heteroatoms. The van der Waals surface area contributed by atoms with Gasteiger partial charge in [-0.05, 0) is 22.0 Å². The highest BCUT2D eigenvalue weighted by Gasteiger charge is 2.23. The van der Waals surface area contributed by atoms with Gasteiger partial charge in [0, 0.05) is 10.7 Å². The van der Waals surface area contributed by atoms with E-state index in [0.29, 0.717) is 4.47 Å². The summed E-state index contributed by atoms with van der Waals surface area (Å²) in [5.74, 6) is -3.46. The molecule has 0 unspecified atom stereocenters. The summed E-state index contributed by atoms with van der Waals surface area (Å²) in [6.45, 7) is 0. The Kier molecular flexibility index (Phi) is 3.38. The fourth-order valence-electron chi connectivity index (χ4n) is 0.676. The monoisotopic (exact) mass is 286 g/mol. The van der Waals surface area contributed by atoms with E-state index in [4.69, 9.17) is 0 Å². The highest BCUT2D eigenvalue weighted by atomic mass is 79.9. The van der Waals surface area contributed by atoms with E-state index in [0.717, 1.165) is 6.20 Å². The summed E-state index contributed by atoms with van der Waals surface area (Å²) in [6, 6.07) is 1.33. The first kappa shape index (κ1) is 11.3. The largest absolute Gasteiger partial charge is 0.355 e. The molecule has 0 aliphatic heterocycles. The van der Waals surface area contributed by atoms with Crippen molar-refractivity contribution in [2.75, 3.05) is 4.72 Å². The summed E-state index contributed by atoms with van der Waals surface area (Å²) in [5, 5.41) is 0. The Balaban J connectivity index is 2.90. The van der Waals surface area contributed by atoms with Crippen LogP contribution in [0.25, 0.3) is 0 Å². The molecule has 14 heavy (non-hydrogen) atoms. The minimum absolute atomic E-state index is 0.0142. The Morgan fingerprint density at radius 1 is 1.43 bits per heavy atom. The second kappa shape index (κ2) is 4.18. The molecule has 0 saturated heterocycles. The number of nitrogens with zero attached hydrogens (tertiary/aromatic N) is 1. The van der Waals surface area contributed by atoms with Crippen LogP contribution in [0.1, 0.15) is 0 Å². The molecule has 0 saturated carbocycles. The first-order valence-corrected chi connectivity index (χ1v) is 5.66. The molecule has 78 valence electrons. The van der Waals surface area contributed by atoms with Gasteiger partial charge in [-0.25, -0.2) is 8.42 Å². The zero-order valence-corrected chi connectivity index (χ0v) is 9.02. The summed E-state index contributed by atoms with van der Waals surface area (Å²) < 4.78 is 47.4. The average Bonchev–Trinajstić information content (AvgIpc) is 2.02. The Morgan fingerprint density at radius 2 is 2.07 bits per heavy atom. The molecule has 1 rings (SSSR count). The van der Waals surface area contributed by atoms with E-state index in [-0.39, 0.29) is 5.69 Å². The van der Waals surface area contributed by atoms with Crippen molar-refractivity contribution in [2.45, 2.75) is 5.76 Å². The minimum Gasteiger partial charge on any atom is -0.277 e. The molecule has 0 bridgehead atoms. The van der Waals surface area contributed by atoms with Gasteiger partial charge in [-0.2, -0.15) is 8.78 Å². The molecule has 0 amide bonds.